The molecule has 0 fully saturated rings. The standard InChI is InChI=1S/C21H26N6O/c1-14(2)19(16-8-5-6-11-23-16)27-15(3)20(24-12-7-13-28)25-17-9-10-18(22-4)26-21(17)27/h5-6,8-11,13-14,19H,3,7,12H2,1-2,4H3,(H,22,26)(H,24,25). The highest BCUT2D eigenvalue weighted by atomic mass is 16.1. The normalized spacial score (nSPS) is 15.9. The first-order valence-corrected chi connectivity index (χ1v) is 9.40. The van der Waals surface area contributed by atoms with E-state index < -0.39 is 0 Å². The summed E-state index contributed by atoms with van der Waals surface area (Å²) >= 11 is 0. The first-order chi connectivity index (χ1) is 13.6. The predicted molar refractivity (Wildman–Crippen MR) is 114 cm³/mol. The van der Waals surface area contributed by atoms with Gasteiger partial charge in [-0.3, -0.25) is 9.98 Å². The predicted octanol–water partition coefficient (Wildman–Crippen LogP) is 3.65. The molecule has 146 valence electrons. The van der Waals surface area contributed by atoms with Gasteiger partial charge in [0.1, 0.15) is 17.9 Å². The van der Waals surface area contributed by atoms with Crippen LogP contribution in [-0.2, 0) is 4.79 Å². The largest absolute Gasteiger partial charge is 0.373 e. The van der Waals surface area contributed by atoms with E-state index in [1.54, 1.807) is 6.20 Å². The van der Waals surface area contributed by atoms with E-state index in [0.717, 1.165) is 29.3 Å². The van der Waals surface area contributed by atoms with Crippen molar-refractivity contribution >= 4 is 29.4 Å². The highest BCUT2D eigenvalue weighted by molar-refractivity contribution is 6.14. The van der Waals surface area contributed by atoms with Gasteiger partial charge in [-0.05, 0) is 30.2 Å². The average Bonchev–Trinajstić information content (AvgIpc) is 2.71. The van der Waals surface area contributed by atoms with Crippen molar-refractivity contribution in [3.8, 4) is 0 Å². The van der Waals surface area contributed by atoms with E-state index >= 15 is 0 Å². The maximum Gasteiger partial charge on any atom is 0.160 e. The van der Waals surface area contributed by atoms with Crippen LogP contribution in [0.5, 0.6) is 0 Å². The zero-order valence-electron chi connectivity index (χ0n) is 16.5. The number of carbonyl (C=O) groups is 1. The van der Waals surface area contributed by atoms with Crippen molar-refractivity contribution in [1.82, 2.24) is 9.97 Å². The second-order valence-electron chi connectivity index (χ2n) is 6.89. The molecular formula is C21H26N6O. The minimum absolute atomic E-state index is 0.0644. The minimum Gasteiger partial charge on any atom is -0.373 e. The summed E-state index contributed by atoms with van der Waals surface area (Å²) in [4.78, 5) is 26.7. The van der Waals surface area contributed by atoms with Crippen LogP contribution in [0.15, 0.2) is 53.8 Å². The highest BCUT2D eigenvalue weighted by Crippen LogP contribution is 2.41. The van der Waals surface area contributed by atoms with E-state index in [4.69, 9.17) is 4.98 Å². The van der Waals surface area contributed by atoms with Gasteiger partial charge in [0, 0.05) is 26.2 Å². The van der Waals surface area contributed by atoms with Crippen molar-refractivity contribution in [2.75, 3.05) is 29.1 Å². The van der Waals surface area contributed by atoms with Crippen molar-refractivity contribution in [2.45, 2.75) is 26.3 Å². The van der Waals surface area contributed by atoms with Crippen LogP contribution in [0.25, 0.3) is 0 Å². The Kier molecular flexibility index (Phi) is 6.03. The molecule has 0 radical (unpaired) electrons. The number of hydrogen-bond acceptors (Lipinski definition) is 6. The summed E-state index contributed by atoms with van der Waals surface area (Å²) in [6, 6.07) is 9.73. The van der Waals surface area contributed by atoms with Gasteiger partial charge < -0.3 is 20.3 Å². The molecule has 0 saturated heterocycles. The molecule has 3 rings (SSSR count). The molecule has 7 heteroatoms. The van der Waals surface area contributed by atoms with Gasteiger partial charge in [0.05, 0.1) is 23.1 Å². The van der Waals surface area contributed by atoms with Gasteiger partial charge in [-0.1, -0.05) is 26.5 Å². The summed E-state index contributed by atoms with van der Waals surface area (Å²) in [5.74, 6) is 2.43. The fourth-order valence-electron chi connectivity index (χ4n) is 3.29. The Morgan fingerprint density at radius 1 is 1.32 bits per heavy atom. The monoisotopic (exact) mass is 378 g/mol. The third-order valence-electron chi connectivity index (χ3n) is 4.59. The summed E-state index contributed by atoms with van der Waals surface area (Å²) in [6.45, 7) is 9.01. The summed E-state index contributed by atoms with van der Waals surface area (Å²) in [5, 5.41) is 6.41. The van der Waals surface area contributed by atoms with Crippen LogP contribution in [-0.4, -0.2) is 35.7 Å². The van der Waals surface area contributed by atoms with Crippen molar-refractivity contribution in [3.05, 3.63) is 54.5 Å². The fourth-order valence-corrected chi connectivity index (χ4v) is 3.29. The summed E-state index contributed by atoms with van der Waals surface area (Å²) in [5.41, 5.74) is 2.50. The van der Waals surface area contributed by atoms with Crippen molar-refractivity contribution in [3.63, 3.8) is 0 Å². The molecule has 2 N–H and O–H groups in total. The van der Waals surface area contributed by atoms with Crippen molar-refractivity contribution in [2.24, 2.45) is 10.9 Å². The van der Waals surface area contributed by atoms with Crippen LogP contribution < -0.4 is 15.5 Å². The Morgan fingerprint density at radius 3 is 2.79 bits per heavy atom. The number of carbonyl (C=O) groups excluding carboxylic acids is 1. The number of rotatable bonds is 7. The third-order valence-corrected chi connectivity index (χ3v) is 4.59. The van der Waals surface area contributed by atoms with Gasteiger partial charge in [-0.15, -0.1) is 0 Å². The van der Waals surface area contributed by atoms with Crippen LogP contribution in [0.1, 0.15) is 32.0 Å². The zero-order valence-corrected chi connectivity index (χ0v) is 16.5. The van der Waals surface area contributed by atoms with E-state index in [2.05, 4.69) is 45.9 Å². The molecule has 0 spiro atoms. The second-order valence-corrected chi connectivity index (χ2v) is 6.89. The third kappa shape index (κ3) is 3.88. The van der Waals surface area contributed by atoms with E-state index in [0.29, 0.717) is 24.5 Å². The lowest BCUT2D eigenvalue weighted by Crippen LogP contribution is -2.41. The smallest absolute Gasteiger partial charge is 0.160 e. The molecule has 2 aromatic rings. The second kappa shape index (κ2) is 8.65. The maximum absolute atomic E-state index is 10.7. The number of nitrogens with one attached hydrogen (secondary N) is 2. The molecular weight excluding hydrogens is 352 g/mol. The number of aldehydes is 1. The lowest BCUT2D eigenvalue weighted by Gasteiger charge is -2.40. The fraction of sp³-hybridized carbons (Fsp3) is 0.333. The Bertz CT molecular complexity index is 878. The van der Waals surface area contributed by atoms with Gasteiger partial charge in [0.25, 0.3) is 0 Å². The minimum atomic E-state index is -0.0644. The van der Waals surface area contributed by atoms with Crippen LogP contribution in [0, 0.1) is 5.92 Å². The molecule has 7 nitrogen and oxygen atoms in total. The molecule has 1 atom stereocenters. The summed E-state index contributed by atoms with van der Waals surface area (Å²) < 4.78 is 0. The number of anilines is 3. The summed E-state index contributed by atoms with van der Waals surface area (Å²) in [6.07, 6.45) is 3.04. The number of nitrogens with zero attached hydrogens (tertiary/aromatic N) is 4. The van der Waals surface area contributed by atoms with Gasteiger partial charge in [-0.2, -0.15) is 0 Å². The molecule has 0 saturated carbocycles. The zero-order chi connectivity index (χ0) is 20.1. The van der Waals surface area contributed by atoms with E-state index in [9.17, 15) is 4.79 Å². The van der Waals surface area contributed by atoms with Gasteiger partial charge >= 0.3 is 0 Å². The maximum atomic E-state index is 10.7. The topological polar surface area (TPSA) is 82.5 Å². The lowest BCUT2D eigenvalue weighted by molar-refractivity contribution is -0.107. The van der Waals surface area contributed by atoms with Gasteiger partial charge in [0.2, 0.25) is 0 Å². The number of hydrogen-bond donors (Lipinski definition) is 2. The van der Waals surface area contributed by atoms with Crippen LogP contribution in [0.2, 0.25) is 0 Å². The number of amidine groups is 1. The Labute approximate surface area is 165 Å². The van der Waals surface area contributed by atoms with E-state index in [1.165, 1.54) is 0 Å². The van der Waals surface area contributed by atoms with Gasteiger partial charge in [0.15, 0.2) is 5.82 Å². The van der Waals surface area contributed by atoms with Crippen molar-refractivity contribution in [1.29, 1.82) is 0 Å². The Balaban J connectivity index is 2.13. The molecule has 0 amide bonds. The number of aromatic nitrogens is 2. The number of aliphatic imine (C=N–C) groups is 1. The number of fused-ring (bicyclic) bond motifs is 1. The average molecular weight is 378 g/mol. The first-order valence-electron chi connectivity index (χ1n) is 9.40. The van der Waals surface area contributed by atoms with E-state index in [1.807, 2.05) is 37.4 Å². The molecule has 1 aliphatic heterocycles. The van der Waals surface area contributed by atoms with Crippen molar-refractivity contribution < 1.29 is 4.79 Å². The summed E-state index contributed by atoms with van der Waals surface area (Å²) in [7, 11) is 1.84. The SMILES string of the molecule is C=C1C(=NCCC=O)Nc2ccc(NC)nc2N1C(c1ccccn1)C(C)C. The molecule has 0 aliphatic carbocycles. The van der Waals surface area contributed by atoms with Gasteiger partial charge in [-0.25, -0.2) is 4.98 Å². The highest BCUT2D eigenvalue weighted by Gasteiger charge is 2.35. The molecule has 2 aromatic heterocycles. The molecule has 3 heterocycles. The molecule has 1 unspecified atom stereocenters. The lowest BCUT2D eigenvalue weighted by atomic mass is 9.96. The first kappa shape index (κ1) is 19.5. The number of pyridine rings is 2. The Morgan fingerprint density at radius 2 is 2.14 bits per heavy atom. The quantitative estimate of drug-likeness (QED) is 0.565. The molecule has 0 aromatic carbocycles. The van der Waals surface area contributed by atoms with Crippen LogP contribution >= 0.6 is 0 Å². The molecule has 1 aliphatic rings. The molecule has 0 bridgehead atoms. The van der Waals surface area contributed by atoms with Crippen LogP contribution in [0.3, 0.4) is 0 Å². The Hall–Kier alpha value is -3.22. The molecule has 28 heavy (non-hydrogen) atoms. The van der Waals surface area contributed by atoms with Crippen LogP contribution in [0.4, 0.5) is 17.3 Å². The van der Waals surface area contributed by atoms with E-state index in [-0.39, 0.29) is 12.0 Å².